The predicted molar refractivity (Wildman–Crippen MR) is 79.8 cm³/mol. The highest BCUT2D eigenvalue weighted by Crippen LogP contribution is 2.34. The molecule has 0 aliphatic carbocycles. The molecule has 0 saturated heterocycles. The van der Waals surface area contributed by atoms with E-state index in [1.165, 1.54) is 17.5 Å². The summed E-state index contributed by atoms with van der Waals surface area (Å²) in [6.07, 6.45) is 0.726. The van der Waals surface area contributed by atoms with Gasteiger partial charge in [-0.2, -0.15) is 4.31 Å². The van der Waals surface area contributed by atoms with Crippen molar-refractivity contribution < 1.29 is 13.2 Å². The summed E-state index contributed by atoms with van der Waals surface area (Å²) in [5.74, 6) is 0.274. The minimum atomic E-state index is -3.62. The first-order chi connectivity index (χ1) is 8.75. The third kappa shape index (κ3) is 3.21. The summed E-state index contributed by atoms with van der Waals surface area (Å²) in [4.78, 5) is 0.0819. The largest absolute Gasteiger partial charge is 0.495 e. The average Bonchev–Trinajstić information content (AvgIpc) is 2.39. The minimum absolute atomic E-state index is 0.0819. The van der Waals surface area contributed by atoms with Gasteiger partial charge in [0.05, 0.1) is 7.11 Å². The van der Waals surface area contributed by atoms with E-state index < -0.39 is 10.0 Å². The molecule has 0 bridgehead atoms. The van der Waals surface area contributed by atoms with Crippen molar-refractivity contribution in [2.24, 2.45) is 0 Å². The average molecular weight is 351 g/mol. The van der Waals surface area contributed by atoms with Crippen LogP contribution >= 0.6 is 15.9 Å². The lowest BCUT2D eigenvalue weighted by Gasteiger charge is -2.24. The summed E-state index contributed by atoms with van der Waals surface area (Å²) in [5.41, 5.74) is 6.12. The van der Waals surface area contributed by atoms with Crippen LogP contribution in [0.5, 0.6) is 5.75 Å². The molecule has 108 valence electrons. The van der Waals surface area contributed by atoms with Crippen molar-refractivity contribution >= 4 is 31.6 Å². The zero-order valence-corrected chi connectivity index (χ0v) is 13.9. The number of methoxy groups -OCH3 is 1. The summed E-state index contributed by atoms with van der Waals surface area (Å²) >= 11 is 3.25. The molecule has 1 aromatic rings. The highest BCUT2D eigenvalue weighted by molar-refractivity contribution is 9.10. The second kappa shape index (κ2) is 6.11. The molecule has 0 aliphatic rings. The predicted octanol–water partition coefficient (Wildman–Crippen LogP) is 2.46. The molecule has 0 heterocycles. The van der Waals surface area contributed by atoms with Gasteiger partial charge in [-0.1, -0.05) is 6.92 Å². The molecule has 7 heteroatoms. The van der Waals surface area contributed by atoms with Gasteiger partial charge in [0, 0.05) is 23.2 Å². The SMILES string of the molecule is CCC(C)N(C)S(=O)(=O)c1cc(N)c(Br)cc1OC. The molecule has 1 rings (SSSR count). The summed E-state index contributed by atoms with van der Waals surface area (Å²) < 4.78 is 32.2. The normalized spacial score (nSPS) is 13.6. The number of hydrogen-bond donors (Lipinski definition) is 1. The van der Waals surface area contributed by atoms with E-state index in [9.17, 15) is 8.42 Å². The molecule has 1 unspecified atom stereocenters. The van der Waals surface area contributed by atoms with Crippen LogP contribution in [0.3, 0.4) is 0 Å². The minimum Gasteiger partial charge on any atom is -0.495 e. The smallest absolute Gasteiger partial charge is 0.246 e. The van der Waals surface area contributed by atoms with E-state index in [1.807, 2.05) is 13.8 Å². The Hall–Kier alpha value is -0.790. The fraction of sp³-hybridized carbons (Fsp3) is 0.500. The fourth-order valence-electron chi connectivity index (χ4n) is 1.56. The maximum absolute atomic E-state index is 12.6. The van der Waals surface area contributed by atoms with E-state index >= 15 is 0 Å². The molecule has 0 aromatic heterocycles. The zero-order chi connectivity index (χ0) is 14.8. The molecular weight excluding hydrogens is 332 g/mol. The van der Waals surface area contributed by atoms with Gasteiger partial charge in [-0.25, -0.2) is 8.42 Å². The van der Waals surface area contributed by atoms with Crippen molar-refractivity contribution in [2.45, 2.75) is 31.2 Å². The first-order valence-electron chi connectivity index (χ1n) is 5.86. The van der Waals surface area contributed by atoms with E-state index in [0.29, 0.717) is 10.2 Å². The van der Waals surface area contributed by atoms with Crippen LogP contribution in [-0.4, -0.2) is 32.9 Å². The Balaban J connectivity index is 3.40. The van der Waals surface area contributed by atoms with Gasteiger partial charge in [0.15, 0.2) is 0 Å². The van der Waals surface area contributed by atoms with Gasteiger partial charge in [-0.3, -0.25) is 0 Å². The van der Waals surface area contributed by atoms with Gasteiger partial charge >= 0.3 is 0 Å². The second-order valence-electron chi connectivity index (χ2n) is 4.30. The van der Waals surface area contributed by atoms with Crippen LogP contribution in [-0.2, 0) is 10.0 Å². The molecule has 0 spiro atoms. The van der Waals surface area contributed by atoms with Gasteiger partial charge < -0.3 is 10.5 Å². The van der Waals surface area contributed by atoms with Gasteiger partial charge in [0.2, 0.25) is 10.0 Å². The molecular formula is C12H19BrN2O3S. The van der Waals surface area contributed by atoms with Crippen molar-refractivity contribution in [1.29, 1.82) is 0 Å². The number of benzene rings is 1. The van der Waals surface area contributed by atoms with Crippen LogP contribution in [0.25, 0.3) is 0 Å². The Bertz CT molecular complexity index is 560. The van der Waals surface area contributed by atoms with Crippen LogP contribution in [0, 0.1) is 0 Å². The molecule has 1 aromatic carbocycles. The molecule has 0 aliphatic heterocycles. The number of sulfonamides is 1. The molecule has 0 fully saturated rings. The Morgan fingerprint density at radius 3 is 2.53 bits per heavy atom. The molecule has 0 amide bonds. The number of nitrogens with two attached hydrogens (primary N) is 1. The summed E-state index contributed by atoms with van der Waals surface area (Å²) in [6.45, 7) is 3.79. The maximum Gasteiger partial charge on any atom is 0.246 e. The third-order valence-electron chi connectivity index (χ3n) is 3.15. The Labute approximate surface area is 122 Å². The highest BCUT2D eigenvalue weighted by Gasteiger charge is 2.28. The molecule has 0 saturated carbocycles. The van der Waals surface area contributed by atoms with Gasteiger partial charge in [-0.15, -0.1) is 0 Å². The summed E-state index contributed by atoms with van der Waals surface area (Å²) in [7, 11) is -0.637. The van der Waals surface area contributed by atoms with Crippen molar-refractivity contribution in [1.82, 2.24) is 4.31 Å². The van der Waals surface area contributed by atoms with Crippen molar-refractivity contribution in [2.75, 3.05) is 19.9 Å². The monoisotopic (exact) mass is 350 g/mol. The first kappa shape index (κ1) is 16.3. The Kier molecular flexibility index (Phi) is 5.23. The van der Waals surface area contributed by atoms with Crippen LogP contribution < -0.4 is 10.5 Å². The van der Waals surface area contributed by atoms with Crippen LogP contribution in [0.2, 0.25) is 0 Å². The number of nitrogen functional groups attached to an aromatic ring is 1. The lowest BCUT2D eigenvalue weighted by atomic mass is 10.3. The van der Waals surface area contributed by atoms with Crippen molar-refractivity contribution in [3.8, 4) is 5.75 Å². The Morgan fingerprint density at radius 2 is 2.05 bits per heavy atom. The zero-order valence-electron chi connectivity index (χ0n) is 11.5. The molecule has 19 heavy (non-hydrogen) atoms. The van der Waals surface area contributed by atoms with Gasteiger partial charge in [-0.05, 0) is 41.4 Å². The molecule has 1 atom stereocenters. The lowest BCUT2D eigenvalue weighted by molar-refractivity contribution is 0.371. The van der Waals surface area contributed by atoms with Crippen molar-refractivity contribution in [3.63, 3.8) is 0 Å². The van der Waals surface area contributed by atoms with E-state index in [1.54, 1.807) is 13.1 Å². The Morgan fingerprint density at radius 1 is 1.47 bits per heavy atom. The van der Waals surface area contributed by atoms with Gasteiger partial charge in [0.1, 0.15) is 10.6 Å². The van der Waals surface area contributed by atoms with E-state index in [4.69, 9.17) is 10.5 Å². The molecule has 5 nitrogen and oxygen atoms in total. The summed E-state index contributed by atoms with van der Waals surface area (Å²) in [6, 6.07) is 2.88. The quantitative estimate of drug-likeness (QED) is 0.827. The van der Waals surface area contributed by atoms with Crippen LogP contribution in [0.15, 0.2) is 21.5 Å². The molecule has 0 radical (unpaired) electrons. The van der Waals surface area contributed by atoms with Gasteiger partial charge in [0.25, 0.3) is 0 Å². The maximum atomic E-state index is 12.6. The van der Waals surface area contributed by atoms with E-state index in [2.05, 4.69) is 15.9 Å². The van der Waals surface area contributed by atoms with Crippen molar-refractivity contribution in [3.05, 3.63) is 16.6 Å². The lowest BCUT2D eigenvalue weighted by Crippen LogP contribution is -2.34. The number of nitrogens with zero attached hydrogens (tertiary/aromatic N) is 1. The fourth-order valence-corrected chi connectivity index (χ4v) is 3.49. The van der Waals surface area contributed by atoms with E-state index in [0.717, 1.165) is 6.42 Å². The van der Waals surface area contributed by atoms with Crippen LogP contribution in [0.4, 0.5) is 5.69 Å². The third-order valence-corrected chi connectivity index (χ3v) is 5.83. The second-order valence-corrected chi connectivity index (χ2v) is 7.12. The van der Waals surface area contributed by atoms with Crippen LogP contribution in [0.1, 0.15) is 20.3 Å². The summed E-state index contributed by atoms with van der Waals surface area (Å²) in [5, 5.41) is 0. The number of halogens is 1. The van der Waals surface area contributed by atoms with E-state index in [-0.39, 0.29) is 16.7 Å². The number of ether oxygens (including phenoxy) is 1. The topological polar surface area (TPSA) is 72.6 Å². The number of rotatable bonds is 5. The first-order valence-corrected chi connectivity index (χ1v) is 8.10. The highest BCUT2D eigenvalue weighted by atomic mass is 79.9. The number of anilines is 1. The number of hydrogen-bond acceptors (Lipinski definition) is 4. The molecule has 2 N–H and O–H groups in total. The standard InChI is InChI=1S/C12H19BrN2O3S/c1-5-8(2)15(3)19(16,17)12-7-10(14)9(13)6-11(12)18-4/h6-8H,5,14H2,1-4H3.